The van der Waals surface area contributed by atoms with E-state index in [2.05, 4.69) is 5.32 Å². The Kier molecular flexibility index (Phi) is 5.61. The largest absolute Gasteiger partial charge is 0.444 e. The number of alkyl carbamates (subject to hydrolysis) is 1. The van der Waals surface area contributed by atoms with Crippen molar-refractivity contribution < 1.29 is 22.3 Å². The van der Waals surface area contributed by atoms with Gasteiger partial charge in [0, 0.05) is 25.0 Å². The molecule has 0 radical (unpaired) electrons. The summed E-state index contributed by atoms with van der Waals surface area (Å²) >= 11 is 0. The summed E-state index contributed by atoms with van der Waals surface area (Å²) in [6.45, 7) is 6.18. The summed E-state index contributed by atoms with van der Waals surface area (Å²) in [6, 6.07) is 3.93. The highest BCUT2D eigenvalue weighted by Gasteiger charge is 2.27. The van der Waals surface area contributed by atoms with Crippen LogP contribution in [0.25, 0.3) is 0 Å². The fourth-order valence-corrected chi connectivity index (χ4v) is 3.79. The van der Waals surface area contributed by atoms with Gasteiger partial charge in [0.25, 0.3) is 0 Å². The predicted molar refractivity (Wildman–Crippen MR) is 95.2 cm³/mol. The SMILES string of the molecule is CC(C)(C)OC(=O)N[C@H](CN1CCc2cc(F)ccc21)CS(C)(=O)=O. The smallest absolute Gasteiger partial charge is 0.407 e. The molecule has 0 saturated heterocycles. The van der Waals surface area contributed by atoms with Crippen LogP contribution < -0.4 is 10.2 Å². The van der Waals surface area contributed by atoms with Crippen LogP contribution in [0.1, 0.15) is 26.3 Å². The number of nitrogens with one attached hydrogen (secondary N) is 1. The van der Waals surface area contributed by atoms with E-state index in [1.807, 2.05) is 4.90 Å². The van der Waals surface area contributed by atoms with E-state index in [4.69, 9.17) is 4.74 Å². The molecule has 1 aliphatic rings. The van der Waals surface area contributed by atoms with Gasteiger partial charge < -0.3 is 15.0 Å². The summed E-state index contributed by atoms with van der Waals surface area (Å²) in [5.74, 6) is -0.487. The zero-order valence-corrected chi connectivity index (χ0v) is 15.8. The number of ether oxygens (including phenoxy) is 1. The maximum atomic E-state index is 13.3. The van der Waals surface area contributed by atoms with Crippen molar-refractivity contribution >= 4 is 21.6 Å². The van der Waals surface area contributed by atoms with Crippen LogP contribution in [0.15, 0.2) is 18.2 Å². The van der Waals surface area contributed by atoms with Gasteiger partial charge in [0.15, 0.2) is 0 Å². The van der Waals surface area contributed by atoms with Crippen LogP contribution in [0.3, 0.4) is 0 Å². The molecular formula is C17H25FN2O4S. The van der Waals surface area contributed by atoms with Gasteiger partial charge in [-0.2, -0.15) is 0 Å². The lowest BCUT2D eigenvalue weighted by molar-refractivity contribution is 0.0511. The lowest BCUT2D eigenvalue weighted by Crippen LogP contribution is -2.48. The number of sulfone groups is 1. The number of amides is 1. The molecule has 0 unspecified atom stereocenters. The molecule has 1 amide bonds. The highest BCUT2D eigenvalue weighted by atomic mass is 32.2. The number of carbonyl (C=O) groups is 1. The Hall–Kier alpha value is -1.83. The monoisotopic (exact) mass is 372 g/mol. The molecule has 2 rings (SSSR count). The van der Waals surface area contributed by atoms with Gasteiger partial charge in [-0.25, -0.2) is 17.6 Å². The molecular weight excluding hydrogens is 347 g/mol. The average molecular weight is 372 g/mol. The zero-order valence-electron chi connectivity index (χ0n) is 15.0. The second-order valence-electron chi connectivity index (χ2n) is 7.40. The van der Waals surface area contributed by atoms with E-state index >= 15 is 0 Å². The van der Waals surface area contributed by atoms with Gasteiger partial charge in [-0.15, -0.1) is 0 Å². The first-order valence-electron chi connectivity index (χ1n) is 8.13. The fourth-order valence-electron chi connectivity index (χ4n) is 2.87. The minimum absolute atomic E-state index is 0.195. The number of rotatable bonds is 5. The summed E-state index contributed by atoms with van der Waals surface area (Å²) < 4.78 is 42.0. The van der Waals surface area contributed by atoms with Crippen molar-refractivity contribution in [3.05, 3.63) is 29.6 Å². The van der Waals surface area contributed by atoms with Gasteiger partial charge in [-0.1, -0.05) is 0 Å². The quantitative estimate of drug-likeness (QED) is 0.857. The van der Waals surface area contributed by atoms with Crippen LogP contribution in [0.4, 0.5) is 14.9 Å². The maximum Gasteiger partial charge on any atom is 0.407 e. The Morgan fingerprint density at radius 1 is 1.40 bits per heavy atom. The molecule has 8 heteroatoms. The average Bonchev–Trinajstić information content (AvgIpc) is 2.76. The van der Waals surface area contributed by atoms with Crippen LogP contribution in [0.2, 0.25) is 0 Å². The summed E-state index contributed by atoms with van der Waals surface area (Å²) in [6.07, 6.45) is 1.16. The first-order chi connectivity index (χ1) is 11.4. The summed E-state index contributed by atoms with van der Waals surface area (Å²) in [4.78, 5) is 14.0. The molecule has 1 heterocycles. The highest BCUT2D eigenvalue weighted by molar-refractivity contribution is 7.90. The number of hydrogen-bond acceptors (Lipinski definition) is 5. The third-order valence-corrected chi connectivity index (χ3v) is 4.71. The summed E-state index contributed by atoms with van der Waals surface area (Å²) in [5, 5.41) is 2.64. The lowest BCUT2D eigenvalue weighted by atomic mass is 10.1. The second kappa shape index (κ2) is 7.19. The molecule has 6 nitrogen and oxygen atoms in total. The van der Waals surface area contributed by atoms with Crippen LogP contribution in [0, 0.1) is 5.82 Å². The third kappa shape index (κ3) is 6.19. The van der Waals surface area contributed by atoms with Crippen molar-refractivity contribution in [1.82, 2.24) is 5.32 Å². The van der Waals surface area contributed by atoms with Crippen LogP contribution in [-0.4, -0.2) is 51.3 Å². The molecule has 0 saturated carbocycles. The van der Waals surface area contributed by atoms with Gasteiger partial charge in [0.2, 0.25) is 0 Å². The van der Waals surface area contributed by atoms with E-state index in [0.717, 1.165) is 17.5 Å². The molecule has 1 N–H and O–H groups in total. The molecule has 1 aromatic rings. The van der Waals surface area contributed by atoms with E-state index in [9.17, 15) is 17.6 Å². The van der Waals surface area contributed by atoms with Crippen LogP contribution in [0.5, 0.6) is 0 Å². The molecule has 1 aromatic carbocycles. The Morgan fingerprint density at radius 2 is 2.08 bits per heavy atom. The minimum Gasteiger partial charge on any atom is -0.444 e. The van der Waals surface area contributed by atoms with E-state index < -0.39 is 27.6 Å². The van der Waals surface area contributed by atoms with E-state index in [0.29, 0.717) is 19.5 Å². The van der Waals surface area contributed by atoms with Crippen LogP contribution >= 0.6 is 0 Å². The molecule has 25 heavy (non-hydrogen) atoms. The topological polar surface area (TPSA) is 75.7 Å². The normalized spacial score (nSPS) is 15.6. The second-order valence-corrected chi connectivity index (χ2v) is 9.59. The van der Waals surface area contributed by atoms with E-state index in [-0.39, 0.29) is 11.6 Å². The van der Waals surface area contributed by atoms with Crippen molar-refractivity contribution in [2.75, 3.05) is 30.0 Å². The standard InChI is InChI=1S/C17H25FN2O4S/c1-17(2,3)24-16(21)19-14(11-25(4,22)23)10-20-8-7-12-9-13(18)5-6-15(12)20/h5-6,9,14H,7-8,10-11H2,1-4H3,(H,19,21)/t14-/m1/s1. The number of anilines is 1. The number of fused-ring (bicyclic) bond motifs is 1. The van der Waals surface area contributed by atoms with Crippen molar-refractivity contribution in [3.8, 4) is 0 Å². The number of benzene rings is 1. The fraction of sp³-hybridized carbons (Fsp3) is 0.588. The van der Waals surface area contributed by atoms with Crippen LogP contribution in [-0.2, 0) is 21.0 Å². The van der Waals surface area contributed by atoms with Gasteiger partial charge in [-0.3, -0.25) is 0 Å². The molecule has 0 aliphatic carbocycles. The van der Waals surface area contributed by atoms with E-state index in [1.54, 1.807) is 26.8 Å². The number of halogens is 1. The summed E-state index contributed by atoms with van der Waals surface area (Å²) in [5.41, 5.74) is 1.08. The van der Waals surface area contributed by atoms with E-state index in [1.165, 1.54) is 12.1 Å². The Bertz CT molecular complexity index is 744. The molecule has 140 valence electrons. The molecule has 0 fully saturated rings. The molecule has 0 aromatic heterocycles. The Morgan fingerprint density at radius 3 is 2.68 bits per heavy atom. The summed E-state index contributed by atoms with van der Waals surface area (Å²) in [7, 11) is -3.30. The predicted octanol–water partition coefficient (Wildman–Crippen LogP) is 2.13. The first kappa shape index (κ1) is 19.5. The minimum atomic E-state index is -3.30. The van der Waals surface area contributed by atoms with Crippen molar-refractivity contribution in [2.24, 2.45) is 0 Å². The maximum absolute atomic E-state index is 13.3. The van der Waals surface area contributed by atoms with Gasteiger partial charge >= 0.3 is 6.09 Å². The lowest BCUT2D eigenvalue weighted by Gasteiger charge is -2.28. The molecule has 1 atom stereocenters. The van der Waals surface area contributed by atoms with Gasteiger partial charge in [0.05, 0.1) is 11.8 Å². The highest BCUT2D eigenvalue weighted by Crippen LogP contribution is 2.28. The van der Waals surface area contributed by atoms with Crippen molar-refractivity contribution in [1.29, 1.82) is 0 Å². The molecule has 0 bridgehead atoms. The zero-order chi connectivity index (χ0) is 18.8. The Labute approximate surface area is 148 Å². The number of hydrogen-bond donors (Lipinski definition) is 1. The molecule has 1 aliphatic heterocycles. The number of nitrogens with zero attached hydrogens (tertiary/aromatic N) is 1. The number of carbonyl (C=O) groups excluding carboxylic acids is 1. The van der Waals surface area contributed by atoms with Gasteiger partial charge in [-0.05, 0) is 51.0 Å². The Balaban J connectivity index is 2.11. The third-order valence-electron chi connectivity index (χ3n) is 3.70. The van der Waals surface area contributed by atoms with Crippen molar-refractivity contribution in [2.45, 2.75) is 38.8 Å². The molecule has 0 spiro atoms. The first-order valence-corrected chi connectivity index (χ1v) is 10.2. The van der Waals surface area contributed by atoms with Gasteiger partial charge in [0.1, 0.15) is 21.3 Å². The van der Waals surface area contributed by atoms with Crippen molar-refractivity contribution in [3.63, 3.8) is 0 Å².